The lowest BCUT2D eigenvalue weighted by Gasteiger charge is -2.29. The molecule has 0 aromatic heterocycles. The number of aromatic carboxylic acids is 1. The van der Waals surface area contributed by atoms with Gasteiger partial charge >= 0.3 is 0 Å². The number of imide groups is 1. The van der Waals surface area contributed by atoms with E-state index in [1.54, 1.807) is 0 Å². The third-order valence-electron chi connectivity index (χ3n) is 4.09. The van der Waals surface area contributed by atoms with Gasteiger partial charge in [-0.1, -0.05) is 25.3 Å². The Morgan fingerprint density at radius 2 is 1.70 bits per heavy atom. The van der Waals surface area contributed by atoms with Crippen LogP contribution in [0.5, 0.6) is 0 Å². The minimum absolute atomic E-state index is 0.0532. The molecule has 2 aliphatic rings. The van der Waals surface area contributed by atoms with E-state index in [9.17, 15) is 19.5 Å². The summed E-state index contributed by atoms with van der Waals surface area (Å²) in [7, 11) is 0. The van der Waals surface area contributed by atoms with Gasteiger partial charge in [-0.15, -0.1) is 0 Å². The van der Waals surface area contributed by atoms with Crippen LogP contribution in [0.25, 0.3) is 0 Å². The van der Waals surface area contributed by atoms with Gasteiger partial charge < -0.3 is 9.90 Å². The predicted octanol–water partition coefficient (Wildman–Crippen LogP) is 0.979. The minimum atomic E-state index is -1.34. The van der Waals surface area contributed by atoms with Gasteiger partial charge in [0.05, 0.1) is 17.1 Å². The summed E-state index contributed by atoms with van der Waals surface area (Å²) in [5, 5.41) is 10.9. The first-order valence-electron chi connectivity index (χ1n) is 6.83. The number of benzene rings is 1. The highest BCUT2D eigenvalue weighted by molar-refractivity contribution is 6.22. The van der Waals surface area contributed by atoms with Crippen LogP contribution in [0, 0.1) is 0 Å². The standard InChI is InChI=1S/C15H15NO4/c17-13-11-7-6-9(15(19)20)8-12(11)14(18)16(13)10-4-2-1-3-5-10/h6-8,10H,1-5H2,(H,19,20)/p-1. The third kappa shape index (κ3) is 1.90. The summed E-state index contributed by atoms with van der Waals surface area (Å²) in [5.41, 5.74) is 0.406. The number of hydrogen-bond donors (Lipinski definition) is 0. The van der Waals surface area contributed by atoms with Crippen molar-refractivity contribution in [1.29, 1.82) is 0 Å². The molecule has 5 nitrogen and oxygen atoms in total. The maximum absolute atomic E-state index is 12.4. The number of fused-ring (bicyclic) bond motifs is 1. The molecule has 3 rings (SSSR count). The van der Waals surface area contributed by atoms with E-state index >= 15 is 0 Å². The van der Waals surface area contributed by atoms with Gasteiger partial charge in [0.1, 0.15) is 0 Å². The second kappa shape index (κ2) is 4.74. The lowest BCUT2D eigenvalue weighted by atomic mass is 9.94. The molecule has 1 saturated carbocycles. The summed E-state index contributed by atoms with van der Waals surface area (Å²) >= 11 is 0. The number of hydrogen-bond acceptors (Lipinski definition) is 4. The van der Waals surface area contributed by atoms with Gasteiger partial charge in [-0.3, -0.25) is 14.5 Å². The fourth-order valence-corrected chi connectivity index (χ4v) is 3.06. The summed E-state index contributed by atoms with van der Waals surface area (Å²) < 4.78 is 0. The molecule has 0 unspecified atom stereocenters. The molecule has 104 valence electrons. The van der Waals surface area contributed by atoms with Gasteiger partial charge in [0.25, 0.3) is 11.8 Å². The summed E-state index contributed by atoms with van der Waals surface area (Å²) in [6.45, 7) is 0. The fourth-order valence-electron chi connectivity index (χ4n) is 3.06. The molecule has 1 heterocycles. The van der Waals surface area contributed by atoms with Gasteiger partial charge in [-0.25, -0.2) is 0 Å². The Balaban J connectivity index is 1.96. The second-order valence-electron chi connectivity index (χ2n) is 5.32. The zero-order chi connectivity index (χ0) is 14.3. The average molecular weight is 272 g/mol. The number of rotatable bonds is 2. The normalized spacial score (nSPS) is 19.3. The molecule has 0 radical (unpaired) electrons. The molecule has 0 bridgehead atoms. The van der Waals surface area contributed by atoms with Crippen molar-refractivity contribution < 1.29 is 19.5 Å². The van der Waals surface area contributed by atoms with Crippen molar-refractivity contribution in [1.82, 2.24) is 4.90 Å². The molecule has 20 heavy (non-hydrogen) atoms. The predicted molar refractivity (Wildman–Crippen MR) is 68.1 cm³/mol. The molecule has 0 N–H and O–H groups in total. The van der Waals surface area contributed by atoms with Gasteiger partial charge in [0, 0.05) is 6.04 Å². The monoisotopic (exact) mass is 272 g/mol. The topological polar surface area (TPSA) is 77.5 Å². The number of carbonyl (C=O) groups is 3. The molecule has 0 spiro atoms. The van der Waals surface area contributed by atoms with Crippen molar-refractivity contribution in [2.45, 2.75) is 38.1 Å². The molecule has 1 fully saturated rings. The van der Waals surface area contributed by atoms with E-state index in [-0.39, 0.29) is 29.0 Å². The Morgan fingerprint density at radius 1 is 1.05 bits per heavy atom. The van der Waals surface area contributed by atoms with Crippen molar-refractivity contribution in [3.63, 3.8) is 0 Å². The van der Waals surface area contributed by atoms with Crippen LogP contribution in [0.15, 0.2) is 18.2 Å². The summed E-state index contributed by atoms with van der Waals surface area (Å²) in [5.74, 6) is -2.02. The molecule has 0 atom stereocenters. The first-order valence-corrected chi connectivity index (χ1v) is 6.83. The second-order valence-corrected chi connectivity index (χ2v) is 5.32. The van der Waals surface area contributed by atoms with Gasteiger partial charge in [0.15, 0.2) is 0 Å². The van der Waals surface area contributed by atoms with E-state index in [0.29, 0.717) is 5.56 Å². The van der Waals surface area contributed by atoms with Crippen LogP contribution in [0.4, 0.5) is 0 Å². The quantitative estimate of drug-likeness (QED) is 0.752. The van der Waals surface area contributed by atoms with Crippen LogP contribution in [0.3, 0.4) is 0 Å². The highest BCUT2D eigenvalue weighted by atomic mass is 16.4. The van der Waals surface area contributed by atoms with Gasteiger partial charge in [0.2, 0.25) is 0 Å². The van der Waals surface area contributed by atoms with Crippen molar-refractivity contribution in [3.05, 3.63) is 34.9 Å². The Morgan fingerprint density at radius 3 is 2.35 bits per heavy atom. The average Bonchev–Trinajstić information content (AvgIpc) is 2.71. The number of carbonyl (C=O) groups excluding carboxylic acids is 3. The molecule has 1 aliphatic carbocycles. The van der Waals surface area contributed by atoms with Gasteiger partial charge in [-0.2, -0.15) is 0 Å². The molecule has 1 aromatic rings. The van der Waals surface area contributed by atoms with E-state index in [1.165, 1.54) is 23.1 Å². The van der Waals surface area contributed by atoms with Crippen LogP contribution >= 0.6 is 0 Å². The summed E-state index contributed by atoms with van der Waals surface area (Å²) in [6, 6.07) is 3.91. The molecule has 2 amide bonds. The highest BCUT2D eigenvalue weighted by Gasteiger charge is 2.40. The van der Waals surface area contributed by atoms with E-state index < -0.39 is 5.97 Å². The van der Waals surface area contributed by atoms with Gasteiger partial charge in [-0.05, 0) is 30.5 Å². The van der Waals surface area contributed by atoms with E-state index in [1.807, 2.05) is 0 Å². The maximum Gasteiger partial charge on any atom is 0.261 e. The van der Waals surface area contributed by atoms with E-state index in [2.05, 4.69) is 0 Å². The SMILES string of the molecule is O=C([O-])c1ccc2c(c1)C(=O)N(C1CCCCC1)C2=O. The minimum Gasteiger partial charge on any atom is -0.545 e. The van der Waals surface area contributed by atoms with Crippen LogP contribution in [-0.4, -0.2) is 28.7 Å². The largest absolute Gasteiger partial charge is 0.545 e. The van der Waals surface area contributed by atoms with E-state index in [0.717, 1.165) is 32.1 Å². The molecular formula is C15H14NO4-. The van der Waals surface area contributed by atoms with Crippen LogP contribution < -0.4 is 5.11 Å². The van der Waals surface area contributed by atoms with Crippen molar-refractivity contribution in [2.24, 2.45) is 0 Å². The van der Waals surface area contributed by atoms with Crippen LogP contribution in [0.2, 0.25) is 0 Å². The van der Waals surface area contributed by atoms with Crippen molar-refractivity contribution in [3.8, 4) is 0 Å². The lowest BCUT2D eigenvalue weighted by molar-refractivity contribution is -0.255. The lowest BCUT2D eigenvalue weighted by Crippen LogP contribution is -2.40. The third-order valence-corrected chi connectivity index (χ3v) is 4.09. The molecule has 1 aromatic carbocycles. The zero-order valence-electron chi connectivity index (χ0n) is 10.9. The summed E-state index contributed by atoms with van der Waals surface area (Å²) in [4.78, 5) is 36.9. The maximum atomic E-state index is 12.4. The van der Waals surface area contributed by atoms with E-state index in [4.69, 9.17) is 0 Å². The number of amides is 2. The molecular weight excluding hydrogens is 258 g/mol. The van der Waals surface area contributed by atoms with Crippen molar-refractivity contribution >= 4 is 17.8 Å². The highest BCUT2D eigenvalue weighted by Crippen LogP contribution is 2.31. The number of carboxylic acid groups (broad SMARTS) is 1. The number of nitrogens with zero attached hydrogens (tertiary/aromatic N) is 1. The van der Waals surface area contributed by atoms with Crippen molar-refractivity contribution in [2.75, 3.05) is 0 Å². The molecule has 1 aliphatic heterocycles. The molecule has 0 saturated heterocycles. The van der Waals surface area contributed by atoms with Crippen LogP contribution in [0.1, 0.15) is 63.2 Å². The fraction of sp³-hybridized carbons (Fsp3) is 0.400. The number of carboxylic acids is 1. The smallest absolute Gasteiger partial charge is 0.261 e. The zero-order valence-corrected chi connectivity index (χ0v) is 10.9. The Bertz CT molecular complexity index is 602. The Kier molecular flexibility index (Phi) is 3.04. The van der Waals surface area contributed by atoms with Crippen LogP contribution in [-0.2, 0) is 0 Å². The molecule has 5 heteroatoms. The Labute approximate surface area is 116 Å². The summed E-state index contributed by atoms with van der Waals surface area (Å²) in [6.07, 6.45) is 4.83. The first-order chi connectivity index (χ1) is 9.59. The first kappa shape index (κ1) is 12.8. The Hall–Kier alpha value is -2.17.